The first-order chi connectivity index (χ1) is 8.48. The molecule has 0 amide bonds. The fourth-order valence-corrected chi connectivity index (χ4v) is 4.73. The maximum absolute atomic E-state index is 13.4. The summed E-state index contributed by atoms with van der Waals surface area (Å²) in [7, 11) is -3.57. The van der Waals surface area contributed by atoms with Gasteiger partial charge in [-0.05, 0) is 43.4 Å². The molecular formula is C12H15FN2O2S. The molecule has 3 rings (SSSR count). The summed E-state index contributed by atoms with van der Waals surface area (Å²) in [5, 5.41) is 0. The number of rotatable bonds is 2. The Labute approximate surface area is 106 Å². The van der Waals surface area contributed by atoms with Gasteiger partial charge in [0.1, 0.15) is 5.82 Å². The second-order valence-electron chi connectivity index (χ2n) is 5.09. The number of fused-ring (bicyclic) bond motifs is 2. The quantitative estimate of drug-likeness (QED) is 0.830. The molecule has 1 aliphatic carbocycles. The van der Waals surface area contributed by atoms with Crippen molar-refractivity contribution in [2.45, 2.75) is 30.2 Å². The van der Waals surface area contributed by atoms with Crippen molar-refractivity contribution in [3.8, 4) is 0 Å². The summed E-state index contributed by atoms with van der Waals surface area (Å²) in [6, 6.07) is 3.79. The van der Waals surface area contributed by atoms with Crippen molar-refractivity contribution in [2.75, 3.05) is 12.3 Å². The molecule has 2 fully saturated rings. The van der Waals surface area contributed by atoms with Gasteiger partial charge in [-0.3, -0.25) is 0 Å². The van der Waals surface area contributed by atoms with E-state index in [4.69, 9.17) is 5.73 Å². The Kier molecular flexibility index (Phi) is 2.60. The molecule has 2 atom stereocenters. The zero-order valence-electron chi connectivity index (χ0n) is 9.84. The molecule has 1 aromatic carbocycles. The van der Waals surface area contributed by atoms with Crippen LogP contribution < -0.4 is 5.73 Å². The highest BCUT2D eigenvalue weighted by molar-refractivity contribution is 7.89. The van der Waals surface area contributed by atoms with E-state index in [1.165, 1.54) is 16.4 Å². The van der Waals surface area contributed by atoms with E-state index in [9.17, 15) is 12.8 Å². The minimum atomic E-state index is -3.57. The number of hydrogen-bond donors (Lipinski definition) is 1. The van der Waals surface area contributed by atoms with Crippen molar-refractivity contribution in [3.05, 3.63) is 24.0 Å². The molecule has 2 aliphatic rings. The molecule has 6 heteroatoms. The van der Waals surface area contributed by atoms with Crippen LogP contribution in [0.5, 0.6) is 0 Å². The van der Waals surface area contributed by atoms with Gasteiger partial charge in [0.25, 0.3) is 0 Å². The maximum atomic E-state index is 13.4. The van der Waals surface area contributed by atoms with E-state index in [-0.39, 0.29) is 16.6 Å². The Morgan fingerprint density at radius 3 is 2.67 bits per heavy atom. The first kappa shape index (κ1) is 11.9. The van der Waals surface area contributed by atoms with Crippen molar-refractivity contribution >= 4 is 15.7 Å². The highest BCUT2D eigenvalue weighted by atomic mass is 32.2. The first-order valence-electron chi connectivity index (χ1n) is 6.05. The van der Waals surface area contributed by atoms with Crippen LogP contribution in [0.2, 0.25) is 0 Å². The zero-order valence-corrected chi connectivity index (χ0v) is 10.7. The third-order valence-corrected chi connectivity index (χ3v) is 5.85. The number of nitrogens with zero attached hydrogens (tertiary/aromatic N) is 1. The smallest absolute Gasteiger partial charge is 0.243 e. The third kappa shape index (κ3) is 1.71. The van der Waals surface area contributed by atoms with Crippen molar-refractivity contribution < 1.29 is 12.8 Å². The van der Waals surface area contributed by atoms with E-state index >= 15 is 0 Å². The molecule has 0 aromatic heterocycles. The summed E-state index contributed by atoms with van der Waals surface area (Å²) < 4.78 is 39.7. The third-order valence-electron chi connectivity index (χ3n) is 3.94. The van der Waals surface area contributed by atoms with E-state index in [1.54, 1.807) is 0 Å². The lowest BCUT2D eigenvalue weighted by molar-refractivity contribution is 0.333. The molecule has 4 nitrogen and oxygen atoms in total. The summed E-state index contributed by atoms with van der Waals surface area (Å²) in [6.45, 7) is 0.568. The number of nitrogen functional groups attached to an aromatic ring is 1. The standard InChI is InChI=1S/C12H15FN2O2S/c13-11-6-10(3-4-12(11)14)18(16,17)15-7-8-1-2-9(15)5-8/h3-4,6,8-9H,1-2,5,7,14H2. The van der Waals surface area contributed by atoms with Crippen molar-refractivity contribution in [1.29, 1.82) is 0 Å². The summed E-state index contributed by atoms with van der Waals surface area (Å²) in [6.07, 6.45) is 2.96. The summed E-state index contributed by atoms with van der Waals surface area (Å²) >= 11 is 0. The lowest BCUT2D eigenvalue weighted by Gasteiger charge is -2.26. The Morgan fingerprint density at radius 1 is 1.33 bits per heavy atom. The minimum absolute atomic E-state index is 0.00162. The Balaban J connectivity index is 1.97. The van der Waals surface area contributed by atoms with E-state index in [2.05, 4.69) is 0 Å². The van der Waals surface area contributed by atoms with Gasteiger partial charge in [0.15, 0.2) is 0 Å². The van der Waals surface area contributed by atoms with Crippen LogP contribution in [0.1, 0.15) is 19.3 Å². The number of hydrogen-bond acceptors (Lipinski definition) is 3. The number of anilines is 1. The zero-order chi connectivity index (χ0) is 12.9. The minimum Gasteiger partial charge on any atom is -0.396 e. The second-order valence-corrected chi connectivity index (χ2v) is 6.98. The maximum Gasteiger partial charge on any atom is 0.243 e. The van der Waals surface area contributed by atoms with Crippen molar-refractivity contribution in [3.63, 3.8) is 0 Å². The number of halogens is 1. The van der Waals surface area contributed by atoms with E-state index in [0.29, 0.717) is 12.5 Å². The topological polar surface area (TPSA) is 63.4 Å². The van der Waals surface area contributed by atoms with Crippen LogP contribution in [0, 0.1) is 11.7 Å². The predicted octanol–water partition coefficient (Wildman–Crippen LogP) is 1.58. The molecule has 2 bridgehead atoms. The Bertz CT molecular complexity index is 588. The molecule has 0 radical (unpaired) electrons. The molecule has 1 aromatic rings. The van der Waals surface area contributed by atoms with E-state index in [1.807, 2.05) is 0 Å². The van der Waals surface area contributed by atoms with Crippen LogP contribution in [0.25, 0.3) is 0 Å². The fourth-order valence-electron chi connectivity index (χ4n) is 2.98. The first-order valence-corrected chi connectivity index (χ1v) is 7.49. The average Bonchev–Trinajstić information content (AvgIpc) is 2.94. The Morgan fingerprint density at radius 2 is 2.11 bits per heavy atom. The van der Waals surface area contributed by atoms with Gasteiger partial charge in [-0.1, -0.05) is 0 Å². The van der Waals surface area contributed by atoms with Crippen LogP contribution in [0.15, 0.2) is 23.1 Å². The Hall–Kier alpha value is -1.14. The SMILES string of the molecule is Nc1ccc(S(=O)(=O)N2CC3CCC2C3)cc1F. The normalized spacial score (nSPS) is 27.8. The van der Waals surface area contributed by atoms with E-state index in [0.717, 1.165) is 25.3 Å². The number of piperidine rings is 1. The molecule has 1 heterocycles. The van der Waals surface area contributed by atoms with Gasteiger partial charge in [-0.15, -0.1) is 0 Å². The van der Waals surface area contributed by atoms with Crippen LogP contribution in [0.3, 0.4) is 0 Å². The molecular weight excluding hydrogens is 255 g/mol. The monoisotopic (exact) mass is 270 g/mol. The molecule has 2 N–H and O–H groups in total. The van der Waals surface area contributed by atoms with Crippen LogP contribution in [-0.4, -0.2) is 25.3 Å². The summed E-state index contributed by atoms with van der Waals surface area (Å²) in [5.41, 5.74) is 5.33. The number of sulfonamides is 1. The average molecular weight is 270 g/mol. The number of nitrogens with two attached hydrogens (primary N) is 1. The van der Waals surface area contributed by atoms with Crippen LogP contribution in [-0.2, 0) is 10.0 Å². The van der Waals surface area contributed by atoms with E-state index < -0.39 is 15.8 Å². The van der Waals surface area contributed by atoms with Gasteiger partial charge >= 0.3 is 0 Å². The fraction of sp³-hybridized carbons (Fsp3) is 0.500. The molecule has 18 heavy (non-hydrogen) atoms. The second kappa shape index (κ2) is 3.93. The van der Waals surface area contributed by atoms with Gasteiger partial charge in [0.05, 0.1) is 10.6 Å². The highest BCUT2D eigenvalue weighted by Gasteiger charge is 2.44. The van der Waals surface area contributed by atoms with Gasteiger partial charge < -0.3 is 5.73 Å². The molecule has 0 spiro atoms. The number of benzene rings is 1. The predicted molar refractivity (Wildman–Crippen MR) is 65.8 cm³/mol. The molecule has 2 unspecified atom stereocenters. The van der Waals surface area contributed by atoms with Gasteiger partial charge in [-0.2, -0.15) is 4.31 Å². The lowest BCUT2D eigenvalue weighted by Crippen LogP contribution is -2.37. The summed E-state index contributed by atoms with van der Waals surface area (Å²) in [4.78, 5) is 0.00162. The molecule has 1 aliphatic heterocycles. The highest BCUT2D eigenvalue weighted by Crippen LogP contribution is 2.40. The van der Waals surface area contributed by atoms with Crippen molar-refractivity contribution in [2.24, 2.45) is 5.92 Å². The molecule has 1 saturated carbocycles. The largest absolute Gasteiger partial charge is 0.396 e. The van der Waals surface area contributed by atoms with Gasteiger partial charge in [-0.25, -0.2) is 12.8 Å². The lowest BCUT2D eigenvalue weighted by atomic mass is 10.1. The van der Waals surface area contributed by atoms with Gasteiger partial charge in [0.2, 0.25) is 10.0 Å². The van der Waals surface area contributed by atoms with Crippen LogP contribution in [0.4, 0.5) is 10.1 Å². The molecule has 98 valence electrons. The van der Waals surface area contributed by atoms with Crippen LogP contribution >= 0.6 is 0 Å². The van der Waals surface area contributed by atoms with Gasteiger partial charge in [0, 0.05) is 12.6 Å². The van der Waals surface area contributed by atoms with Crippen molar-refractivity contribution in [1.82, 2.24) is 4.31 Å². The molecule has 1 saturated heterocycles. The summed E-state index contributed by atoms with van der Waals surface area (Å²) in [5.74, 6) is -0.205.